The molecule has 166 valence electrons. The number of nitrogens with zero attached hydrogens (tertiary/aromatic N) is 2. The highest BCUT2D eigenvalue weighted by Crippen LogP contribution is 2.23. The van der Waals surface area contributed by atoms with E-state index in [4.69, 9.17) is 9.47 Å². The summed E-state index contributed by atoms with van der Waals surface area (Å²) in [5.41, 5.74) is 1.70. The molecule has 2 fully saturated rings. The zero-order chi connectivity index (χ0) is 21.6. The van der Waals surface area contributed by atoms with Crippen LogP contribution in [0.25, 0.3) is 0 Å². The lowest BCUT2D eigenvalue weighted by Gasteiger charge is -2.39. The van der Waals surface area contributed by atoms with Gasteiger partial charge in [0.15, 0.2) is 0 Å². The summed E-state index contributed by atoms with van der Waals surface area (Å²) in [4.78, 5) is 17.8. The third-order valence-corrected chi connectivity index (χ3v) is 6.30. The van der Waals surface area contributed by atoms with Crippen molar-refractivity contribution in [2.75, 3.05) is 32.7 Å². The normalized spacial score (nSPS) is 23.0. The molecule has 4 rings (SSSR count). The second-order valence-corrected chi connectivity index (χ2v) is 8.97. The molecular formula is C26H34N2O3. The standard InChI is InChI=1S/C26H34N2O3/c1-20-16-27(17-21(2)31-20)18-22-12-14-28(15-13-22)26(29)25-11-7-6-8-23(25)19-30-24-9-4-3-5-10-24/h3-11,20-22H,12-19H2,1-2H3. The molecule has 0 spiro atoms. The van der Waals surface area contributed by atoms with Crippen molar-refractivity contribution in [1.82, 2.24) is 9.80 Å². The first-order chi connectivity index (χ1) is 15.1. The predicted octanol–water partition coefficient (Wildman–Crippen LogP) is 4.23. The van der Waals surface area contributed by atoms with Crippen molar-refractivity contribution < 1.29 is 14.3 Å². The van der Waals surface area contributed by atoms with Gasteiger partial charge in [-0.1, -0.05) is 36.4 Å². The van der Waals surface area contributed by atoms with E-state index in [1.807, 2.05) is 59.5 Å². The first-order valence-electron chi connectivity index (χ1n) is 11.5. The Hall–Kier alpha value is -2.37. The molecule has 0 saturated carbocycles. The van der Waals surface area contributed by atoms with Crippen LogP contribution in [0.5, 0.6) is 5.75 Å². The fourth-order valence-electron chi connectivity index (χ4n) is 4.82. The fraction of sp³-hybridized carbons (Fsp3) is 0.500. The van der Waals surface area contributed by atoms with E-state index in [2.05, 4.69) is 18.7 Å². The van der Waals surface area contributed by atoms with Crippen molar-refractivity contribution >= 4 is 5.91 Å². The number of piperidine rings is 1. The van der Waals surface area contributed by atoms with E-state index in [0.717, 1.165) is 62.4 Å². The molecule has 1 amide bonds. The van der Waals surface area contributed by atoms with Crippen LogP contribution in [0.15, 0.2) is 54.6 Å². The SMILES string of the molecule is CC1CN(CC2CCN(C(=O)c3ccccc3COc3ccccc3)CC2)CC(C)O1. The van der Waals surface area contributed by atoms with Gasteiger partial charge in [-0.25, -0.2) is 0 Å². The summed E-state index contributed by atoms with van der Waals surface area (Å²) >= 11 is 0. The average molecular weight is 423 g/mol. The van der Waals surface area contributed by atoms with Crippen LogP contribution in [0.2, 0.25) is 0 Å². The number of para-hydroxylation sites is 1. The monoisotopic (exact) mass is 422 g/mol. The van der Waals surface area contributed by atoms with Gasteiger partial charge in [-0.2, -0.15) is 0 Å². The Balaban J connectivity index is 1.31. The predicted molar refractivity (Wildman–Crippen MR) is 122 cm³/mol. The molecule has 0 bridgehead atoms. The maximum atomic E-state index is 13.3. The van der Waals surface area contributed by atoms with Crippen LogP contribution in [0.3, 0.4) is 0 Å². The van der Waals surface area contributed by atoms with E-state index in [1.165, 1.54) is 0 Å². The first kappa shape index (κ1) is 21.8. The molecule has 2 heterocycles. The minimum absolute atomic E-state index is 0.124. The Kier molecular flexibility index (Phi) is 7.25. The van der Waals surface area contributed by atoms with E-state index in [0.29, 0.717) is 24.7 Å². The largest absolute Gasteiger partial charge is 0.489 e. The Morgan fingerprint density at radius 2 is 1.61 bits per heavy atom. The van der Waals surface area contributed by atoms with Crippen molar-refractivity contribution in [1.29, 1.82) is 0 Å². The number of amides is 1. The summed E-state index contributed by atoms with van der Waals surface area (Å²) in [6.45, 7) is 9.50. The number of carbonyl (C=O) groups is 1. The highest BCUT2D eigenvalue weighted by Gasteiger charge is 2.28. The summed E-state index contributed by atoms with van der Waals surface area (Å²) in [5.74, 6) is 1.59. The van der Waals surface area contributed by atoms with Crippen molar-refractivity contribution in [3.63, 3.8) is 0 Å². The van der Waals surface area contributed by atoms with Gasteiger partial charge >= 0.3 is 0 Å². The average Bonchev–Trinajstić information content (AvgIpc) is 2.78. The van der Waals surface area contributed by atoms with Crippen LogP contribution in [0.1, 0.15) is 42.6 Å². The smallest absolute Gasteiger partial charge is 0.254 e. The van der Waals surface area contributed by atoms with Gasteiger partial charge in [0.05, 0.1) is 12.2 Å². The molecule has 0 aliphatic carbocycles. The summed E-state index contributed by atoms with van der Waals surface area (Å²) in [6, 6.07) is 17.6. The van der Waals surface area contributed by atoms with E-state index in [-0.39, 0.29) is 5.91 Å². The number of hydrogen-bond donors (Lipinski definition) is 0. The second-order valence-electron chi connectivity index (χ2n) is 8.97. The molecular weight excluding hydrogens is 388 g/mol. The van der Waals surface area contributed by atoms with Gasteiger partial charge in [-0.15, -0.1) is 0 Å². The lowest BCUT2D eigenvalue weighted by molar-refractivity contribution is -0.0728. The summed E-state index contributed by atoms with van der Waals surface area (Å²) < 4.78 is 11.8. The molecule has 2 aromatic carbocycles. The van der Waals surface area contributed by atoms with Crippen LogP contribution in [0, 0.1) is 5.92 Å². The van der Waals surface area contributed by atoms with Crippen LogP contribution < -0.4 is 4.74 Å². The lowest BCUT2D eigenvalue weighted by atomic mass is 9.94. The van der Waals surface area contributed by atoms with Crippen molar-refractivity contribution in [2.24, 2.45) is 5.92 Å². The second kappa shape index (κ2) is 10.3. The van der Waals surface area contributed by atoms with Gasteiger partial charge in [0, 0.05) is 43.9 Å². The van der Waals surface area contributed by atoms with E-state index < -0.39 is 0 Å². The maximum Gasteiger partial charge on any atom is 0.254 e. The van der Waals surface area contributed by atoms with Crippen molar-refractivity contribution in [3.8, 4) is 5.75 Å². The first-order valence-corrected chi connectivity index (χ1v) is 11.5. The maximum absolute atomic E-state index is 13.3. The molecule has 0 N–H and O–H groups in total. The highest BCUT2D eigenvalue weighted by molar-refractivity contribution is 5.95. The van der Waals surface area contributed by atoms with Crippen LogP contribution in [0.4, 0.5) is 0 Å². The summed E-state index contributed by atoms with van der Waals surface area (Å²) in [7, 11) is 0. The Labute approximate surface area is 185 Å². The number of hydrogen-bond acceptors (Lipinski definition) is 4. The zero-order valence-corrected chi connectivity index (χ0v) is 18.7. The third-order valence-electron chi connectivity index (χ3n) is 6.30. The zero-order valence-electron chi connectivity index (χ0n) is 18.7. The van der Waals surface area contributed by atoms with Gasteiger partial charge in [0.25, 0.3) is 5.91 Å². The number of carbonyl (C=O) groups excluding carboxylic acids is 1. The minimum Gasteiger partial charge on any atom is -0.489 e. The van der Waals surface area contributed by atoms with E-state index in [9.17, 15) is 4.79 Å². The summed E-state index contributed by atoms with van der Waals surface area (Å²) in [6.07, 6.45) is 2.74. The molecule has 5 nitrogen and oxygen atoms in total. The molecule has 0 aromatic heterocycles. The van der Waals surface area contributed by atoms with Gasteiger partial charge in [0.2, 0.25) is 0 Å². The number of benzene rings is 2. The molecule has 2 unspecified atom stereocenters. The molecule has 2 aliphatic heterocycles. The molecule has 0 radical (unpaired) electrons. The van der Waals surface area contributed by atoms with Crippen molar-refractivity contribution in [3.05, 3.63) is 65.7 Å². The van der Waals surface area contributed by atoms with Crippen LogP contribution in [-0.4, -0.2) is 60.6 Å². The Bertz CT molecular complexity index is 839. The third kappa shape index (κ3) is 5.86. The lowest BCUT2D eigenvalue weighted by Crippen LogP contribution is -2.48. The molecule has 2 atom stereocenters. The van der Waals surface area contributed by atoms with Crippen LogP contribution >= 0.6 is 0 Å². The summed E-state index contributed by atoms with van der Waals surface area (Å²) in [5, 5.41) is 0. The van der Waals surface area contributed by atoms with Gasteiger partial charge in [0.1, 0.15) is 12.4 Å². The topological polar surface area (TPSA) is 42.0 Å². The number of likely N-dealkylation sites (tertiary alicyclic amines) is 1. The van der Waals surface area contributed by atoms with Crippen molar-refractivity contribution in [2.45, 2.75) is 45.5 Å². The molecule has 2 saturated heterocycles. The molecule has 2 aliphatic rings. The molecule has 5 heteroatoms. The number of morpholine rings is 1. The number of rotatable bonds is 6. The van der Waals surface area contributed by atoms with Gasteiger partial charge in [-0.05, 0) is 50.8 Å². The van der Waals surface area contributed by atoms with Gasteiger partial charge < -0.3 is 14.4 Å². The van der Waals surface area contributed by atoms with Crippen LogP contribution in [-0.2, 0) is 11.3 Å². The quantitative estimate of drug-likeness (QED) is 0.699. The Morgan fingerprint density at radius 3 is 2.32 bits per heavy atom. The molecule has 31 heavy (non-hydrogen) atoms. The Morgan fingerprint density at radius 1 is 0.968 bits per heavy atom. The fourth-order valence-corrected chi connectivity index (χ4v) is 4.82. The number of ether oxygens (including phenoxy) is 2. The van der Waals surface area contributed by atoms with E-state index >= 15 is 0 Å². The van der Waals surface area contributed by atoms with Gasteiger partial charge in [-0.3, -0.25) is 9.69 Å². The highest BCUT2D eigenvalue weighted by atomic mass is 16.5. The minimum atomic E-state index is 0.124. The van der Waals surface area contributed by atoms with E-state index in [1.54, 1.807) is 0 Å². The molecule has 2 aromatic rings.